The number of hydrogen-bond donors (Lipinski definition) is 5. The number of hydrogen-bond acceptors (Lipinski definition) is 4. The van der Waals surface area contributed by atoms with E-state index in [1.807, 2.05) is 0 Å². The van der Waals surface area contributed by atoms with Gasteiger partial charge in [-0.15, -0.1) is 0 Å². The van der Waals surface area contributed by atoms with Gasteiger partial charge < -0.3 is 26.7 Å². The third kappa shape index (κ3) is 3.72. The Bertz CT molecular complexity index is 1270. The predicted molar refractivity (Wildman–Crippen MR) is 119 cm³/mol. The van der Waals surface area contributed by atoms with Gasteiger partial charge in [0.2, 0.25) is 5.91 Å². The molecule has 0 fully saturated rings. The first-order chi connectivity index (χ1) is 15.2. The molecule has 0 saturated carbocycles. The number of aromatic carboxylic acids is 1. The quantitative estimate of drug-likeness (QED) is 0.368. The summed E-state index contributed by atoms with van der Waals surface area (Å²) in [6.07, 6.45) is 0.726. The van der Waals surface area contributed by atoms with Crippen LogP contribution in [0.1, 0.15) is 56.6 Å². The van der Waals surface area contributed by atoms with Crippen LogP contribution in [0.2, 0.25) is 5.02 Å². The van der Waals surface area contributed by atoms with Gasteiger partial charge in [0.05, 0.1) is 12.3 Å². The largest absolute Gasteiger partial charge is 0.481 e. The fraction of sp³-hybridized carbons (Fsp3) is 0.261. The molecule has 1 heterocycles. The Morgan fingerprint density at radius 3 is 2.56 bits per heavy atom. The van der Waals surface area contributed by atoms with E-state index in [1.54, 1.807) is 30.3 Å². The second kappa shape index (κ2) is 8.29. The maximum absolute atomic E-state index is 12.8. The van der Waals surface area contributed by atoms with Crippen molar-refractivity contribution in [2.75, 3.05) is 0 Å². The summed E-state index contributed by atoms with van der Waals surface area (Å²) in [4.78, 5) is 39.2. The van der Waals surface area contributed by atoms with Gasteiger partial charge in [0.25, 0.3) is 0 Å². The summed E-state index contributed by atoms with van der Waals surface area (Å²) in [5, 5.41) is 20.5. The van der Waals surface area contributed by atoms with Crippen LogP contribution in [-0.2, 0) is 29.0 Å². The molecule has 166 valence electrons. The van der Waals surface area contributed by atoms with Crippen molar-refractivity contribution < 1.29 is 24.6 Å². The van der Waals surface area contributed by atoms with E-state index in [0.717, 1.165) is 16.5 Å². The highest BCUT2D eigenvalue weighted by molar-refractivity contribution is 6.31. The third-order valence-electron chi connectivity index (χ3n) is 6.12. The molecule has 2 atom stereocenters. The van der Waals surface area contributed by atoms with Gasteiger partial charge in [0, 0.05) is 28.4 Å². The smallest absolute Gasteiger partial charge is 0.352 e. The number of primary amides is 1. The van der Waals surface area contributed by atoms with Gasteiger partial charge in [-0.1, -0.05) is 29.8 Å². The topological polar surface area (TPSA) is 160 Å². The number of rotatable bonds is 7. The first-order valence-corrected chi connectivity index (χ1v) is 10.5. The number of halogens is 1. The molecule has 1 amide bonds. The van der Waals surface area contributed by atoms with E-state index in [9.17, 15) is 24.6 Å². The molecule has 0 bridgehead atoms. The number of amides is 1. The summed E-state index contributed by atoms with van der Waals surface area (Å²) >= 11 is 6.20. The predicted octanol–water partition coefficient (Wildman–Crippen LogP) is 2.90. The lowest BCUT2D eigenvalue weighted by molar-refractivity contribution is -0.136. The van der Waals surface area contributed by atoms with Crippen molar-refractivity contribution in [2.24, 2.45) is 11.5 Å². The fourth-order valence-corrected chi connectivity index (χ4v) is 5.15. The number of H-pyrrole nitrogens is 1. The molecule has 1 aliphatic rings. The van der Waals surface area contributed by atoms with E-state index >= 15 is 0 Å². The Kier molecular flexibility index (Phi) is 5.66. The highest BCUT2D eigenvalue weighted by Gasteiger charge is 2.38. The van der Waals surface area contributed by atoms with Crippen LogP contribution < -0.4 is 11.5 Å². The second-order valence-electron chi connectivity index (χ2n) is 8.04. The number of nitrogens with two attached hydrogens (primary N) is 2. The normalized spacial score (nSPS) is 16.1. The maximum atomic E-state index is 12.8. The molecule has 3 aromatic rings. The Labute approximate surface area is 188 Å². The minimum absolute atomic E-state index is 0.0159. The van der Waals surface area contributed by atoms with Crippen LogP contribution in [0.4, 0.5) is 0 Å². The van der Waals surface area contributed by atoms with E-state index < -0.39 is 29.7 Å². The number of carboxylic acids is 2. The summed E-state index contributed by atoms with van der Waals surface area (Å²) in [5.74, 6) is -4.31. The number of carbonyl (C=O) groups excluding carboxylic acids is 1. The van der Waals surface area contributed by atoms with Crippen LogP contribution in [-0.4, -0.2) is 33.0 Å². The average Bonchev–Trinajstić information content (AvgIpc) is 3.10. The lowest BCUT2D eigenvalue weighted by atomic mass is 9.72. The van der Waals surface area contributed by atoms with Gasteiger partial charge in [0.15, 0.2) is 0 Å². The van der Waals surface area contributed by atoms with Gasteiger partial charge in [-0.3, -0.25) is 9.59 Å². The molecule has 4 rings (SSSR count). The zero-order valence-electron chi connectivity index (χ0n) is 17.0. The lowest BCUT2D eigenvalue weighted by Crippen LogP contribution is -2.30. The Morgan fingerprint density at radius 2 is 1.94 bits per heavy atom. The number of aryl methyl sites for hydroxylation is 1. The molecule has 8 nitrogen and oxygen atoms in total. The molecule has 2 unspecified atom stereocenters. The molecule has 2 aromatic carbocycles. The van der Waals surface area contributed by atoms with E-state index in [1.165, 1.54) is 0 Å². The standard InChI is InChI=1S/C23H22ClN3O5/c24-13-6-11-2-4-15(20-18(11)16(8-13)27-21(20)23(31)32)19(22(26)30)14-3-1-10(9-25)5-12(14)7-17(28)29/h1,3,5-6,8,15,19,27H,2,4,7,9,25H2,(H2,26,30)(H,28,29)(H,31,32). The minimum Gasteiger partial charge on any atom is -0.481 e. The van der Waals surface area contributed by atoms with Crippen molar-refractivity contribution in [1.29, 1.82) is 0 Å². The zero-order valence-corrected chi connectivity index (χ0v) is 17.8. The molecule has 32 heavy (non-hydrogen) atoms. The number of aromatic nitrogens is 1. The highest BCUT2D eigenvalue weighted by Crippen LogP contribution is 2.47. The number of aromatic amines is 1. The van der Waals surface area contributed by atoms with Crippen LogP contribution >= 0.6 is 11.6 Å². The Morgan fingerprint density at radius 1 is 1.19 bits per heavy atom. The number of aliphatic carboxylic acids is 1. The van der Waals surface area contributed by atoms with Gasteiger partial charge >= 0.3 is 11.9 Å². The van der Waals surface area contributed by atoms with E-state index in [4.69, 9.17) is 23.1 Å². The summed E-state index contributed by atoms with van der Waals surface area (Å²) in [6, 6.07) is 8.54. The van der Waals surface area contributed by atoms with E-state index in [-0.39, 0.29) is 18.7 Å². The second-order valence-corrected chi connectivity index (χ2v) is 8.48. The van der Waals surface area contributed by atoms with Crippen LogP contribution in [0.25, 0.3) is 10.9 Å². The molecular formula is C23H22ClN3O5. The van der Waals surface area contributed by atoms with Gasteiger partial charge in [0.1, 0.15) is 5.69 Å². The SMILES string of the molecule is NCc1ccc(C(C(N)=O)C2CCc3cc(Cl)cc4[nH]c(C(=O)O)c2c34)c(CC(=O)O)c1. The highest BCUT2D eigenvalue weighted by atomic mass is 35.5. The number of carboxylic acid groups (broad SMARTS) is 2. The first kappa shape index (κ1) is 21.9. The van der Waals surface area contributed by atoms with Crippen molar-refractivity contribution in [2.45, 2.75) is 37.6 Å². The molecule has 1 aliphatic carbocycles. The van der Waals surface area contributed by atoms with Crippen LogP contribution in [0.5, 0.6) is 0 Å². The summed E-state index contributed by atoms with van der Waals surface area (Å²) in [5.41, 5.74) is 15.2. The molecule has 0 radical (unpaired) electrons. The Balaban J connectivity index is 1.95. The number of carbonyl (C=O) groups is 3. The fourth-order valence-electron chi connectivity index (χ4n) is 4.91. The first-order valence-electron chi connectivity index (χ1n) is 10.1. The van der Waals surface area contributed by atoms with Crippen molar-refractivity contribution in [3.05, 3.63) is 68.9 Å². The minimum atomic E-state index is -1.15. The molecule has 1 aromatic heterocycles. The van der Waals surface area contributed by atoms with Crippen molar-refractivity contribution in [1.82, 2.24) is 4.98 Å². The molecule has 9 heteroatoms. The number of benzene rings is 2. The van der Waals surface area contributed by atoms with E-state index in [2.05, 4.69) is 4.98 Å². The summed E-state index contributed by atoms with van der Waals surface area (Å²) in [7, 11) is 0. The summed E-state index contributed by atoms with van der Waals surface area (Å²) < 4.78 is 0. The third-order valence-corrected chi connectivity index (χ3v) is 6.34. The van der Waals surface area contributed by atoms with Crippen molar-refractivity contribution in [3.63, 3.8) is 0 Å². The van der Waals surface area contributed by atoms with Crippen molar-refractivity contribution >= 4 is 40.3 Å². The molecule has 0 spiro atoms. The summed E-state index contributed by atoms with van der Waals surface area (Å²) in [6.45, 7) is 0.216. The molecule has 7 N–H and O–H groups in total. The zero-order chi connectivity index (χ0) is 23.2. The van der Waals surface area contributed by atoms with E-state index in [0.29, 0.717) is 40.1 Å². The van der Waals surface area contributed by atoms with Crippen LogP contribution in [0, 0.1) is 0 Å². The van der Waals surface area contributed by atoms with Crippen molar-refractivity contribution in [3.8, 4) is 0 Å². The Hall–Kier alpha value is -3.36. The monoisotopic (exact) mass is 455 g/mol. The number of nitrogens with one attached hydrogen (secondary N) is 1. The molecule has 0 saturated heterocycles. The average molecular weight is 456 g/mol. The lowest BCUT2D eigenvalue weighted by Gasteiger charge is -2.31. The van der Waals surface area contributed by atoms with Gasteiger partial charge in [-0.2, -0.15) is 0 Å². The molecule has 0 aliphatic heterocycles. The van der Waals surface area contributed by atoms with Crippen LogP contribution in [0.15, 0.2) is 30.3 Å². The van der Waals surface area contributed by atoms with Gasteiger partial charge in [-0.25, -0.2) is 4.79 Å². The van der Waals surface area contributed by atoms with Gasteiger partial charge in [-0.05, 0) is 52.8 Å². The van der Waals surface area contributed by atoms with Crippen LogP contribution in [0.3, 0.4) is 0 Å². The molecular weight excluding hydrogens is 434 g/mol. The maximum Gasteiger partial charge on any atom is 0.352 e.